The number of hydrogen-bond acceptors (Lipinski definition) is 4. The highest BCUT2D eigenvalue weighted by Crippen LogP contribution is 2.23. The molecule has 4 N–H and O–H groups in total. The van der Waals surface area contributed by atoms with Crippen molar-refractivity contribution in [2.45, 2.75) is 31.9 Å². The molecule has 0 unspecified atom stereocenters. The van der Waals surface area contributed by atoms with Crippen molar-refractivity contribution in [1.82, 2.24) is 5.32 Å². The topological polar surface area (TPSA) is 96.9 Å². The van der Waals surface area contributed by atoms with Crippen molar-refractivity contribution in [1.29, 1.82) is 0 Å². The van der Waals surface area contributed by atoms with Crippen LogP contribution in [0.3, 0.4) is 0 Å². The van der Waals surface area contributed by atoms with Gasteiger partial charge in [-0.05, 0) is 31.9 Å². The van der Waals surface area contributed by atoms with E-state index in [-0.39, 0.29) is 23.9 Å². The number of hydrogen-bond donors (Lipinski definition) is 3. The van der Waals surface area contributed by atoms with Crippen molar-refractivity contribution in [2.24, 2.45) is 10.9 Å². The van der Waals surface area contributed by atoms with E-state index in [1.807, 2.05) is 6.92 Å². The fourth-order valence-corrected chi connectivity index (χ4v) is 2.17. The number of amides is 1. The molecule has 0 spiro atoms. The first-order valence-corrected chi connectivity index (χ1v) is 6.64. The zero-order chi connectivity index (χ0) is 14.5. The Kier molecular flexibility index (Phi) is 4.57. The molecule has 6 nitrogen and oxygen atoms in total. The van der Waals surface area contributed by atoms with E-state index < -0.39 is 0 Å². The average molecular weight is 277 g/mol. The summed E-state index contributed by atoms with van der Waals surface area (Å²) in [7, 11) is 0. The van der Waals surface area contributed by atoms with Gasteiger partial charge in [0, 0.05) is 23.8 Å². The lowest BCUT2D eigenvalue weighted by molar-refractivity contribution is -0.00862. The molecule has 1 amide bonds. The third-order valence-electron chi connectivity index (χ3n) is 3.38. The second kappa shape index (κ2) is 6.38. The molecule has 1 aromatic carbocycles. The number of nitrogens with one attached hydrogen (secondary N) is 1. The molecule has 0 saturated heterocycles. The van der Waals surface area contributed by atoms with Gasteiger partial charge in [-0.25, -0.2) is 0 Å². The van der Waals surface area contributed by atoms with Crippen LogP contribution < -0.4 is 11.1 Å². The van der Waals surface area contributed by atoms with E-state index in [1.165, 1.54) is 0 Å². The van der Waals surface area contributed by atoms with Gasteiger partial charge in [-0.3, -0.25) is 4.79 Å². The lowest BCUT2D eigenvalue weighted by Gasteiger charge is -2.35. The fraction of sp³-hybridized carbons (Fsp3) is 0.429. The SMILES string of the molecule is CCOC1CC(NC(=O)c2ccc(/C(N)=N/O)cc2)C1. The average Bonchev–Trinajstić information content (AvgIpc) is 2.44. The number of oxime groups is 1. The molecule has 6 heteroatoms. The molecule has 0 atom stereocenters. The Labute approximate surface area is 117 Å². The van der Waals surface area contributed by atoms with Gasteiger partial charge in [0.15, 0.2) is 5.84 Å². The molecule has 0 bridgehead atoms. The number of nitrogens with two attached hydrogens (primary N) is 1. The summed E-state index contributed by atoms with van der Waals surface area (Å²) in [6, 6.07) is 6.78. The summed E-state index contributed by atoms with van der Waals surface area (Å²) < 4.78 is 5.45. The highest BCUT2D eigenvalue weighted by atomic mass is 16.5. The van der Waals surface area contributed by atoms with Crippen LogP contribution in [0.25, 0.3) is 0 Å². The van der Waals surface area contributed by atoms with Crippen molar-refractivity contribution in [3.63, 3.8) is 0 Å². The van der Waals surface area contributed by atoms with Crippen molar-refractivity contribution < 1.29 is 14.7 Å². The second-order valence-corrected chi connectivity index (χ2v) is 4.78. The lowest BCUT2D eigenvalue weighted by Crippen LogP contribution is -2.47. The fourth-order valence-electron chi connectivity index (χ4n) is 2.17. The highest BCUT2D eigenvalue weighted by molar-refractivity contribution is 5.99. The Hall–Kier alpha value is -2.08. The predicted octanol–water partition coefficient (Wildman–Crippen LogP) is 1.08. The molecule has 0 heterocycles. The molecule has 1 fully saturated rings. The van der Waals surface area contributed by atoms with E-state index >= 15 is 0 Å². The number of carbonyl (C=O) groups is 1. The third-order valence-corrected chi connectivity index (χ3v) is 3.38. The van der Waals surface area contributed by atoms with Crippen molar-refractivity contribution in [3.8, 4) is 0 Å². The molecule has 1 aliphatic rings. The number of nitrogens with zero attached hydrogens (tertiary/aromatic N) is 1. The van der Waals surface area contributed by atoms with Gasteiger partial charge in [-0.1, -0.05) is 17.3 Å². The first-order chi connectivity index (χ1) is 9.63. The number of benzene rings is 1. The number of carbonyl (C=O) groups excluding carboxylic acids is 1. The molecule has 0 radical (unpaired) electrons. The van der Waals surface area contributed by atoms with Crippen molar-refractivity contribution in [2.75, 3.05) is 6.61 Å². The van der Waals surface area contributed by atoms with Gasteiger partial charge in [0.1, 0.15) is 0 Å². The summed E-state index contributed by atoms with van der Waals surface area (Å²) in [5.41, 5.74) is 6.59. The molecule has 1 saturated carbocycles. The molecule has 108 valence electrons. The minimum atomic E-state index is -0.115. The maximum absolute atomic E-state index is 12.0. The minimum absolute atomic E-state index is 0.0236. The monoisotopic (exact) mass is 277 g/mol. The van der Waals surface area contributed by atoms with E-state index in [1.54, 1.807) is 24.3 Å². The van der Waals surface area contributed by atoms with Gasteiger partial charge in [0.2, 0.25) is 0 Å². The zero-order valence-corrected chi connectivity index (χ0v) is 11.4. The summed E-state index contributed by atoms with van der Waals surface area (Å²) in [5.74, 6) is -0.0912. The normalized spacial score (nSPS) is 22.1. The van der Waals surface area contributed by atoms with Crippen molar-refractivity contribution >= 4 is 11.7 Å². The highest BCUT2D eigenvalue weighted by Gasteiger charge is 2.30. The largest absolute Gasteiger partial charge is 0.409 e. The van der Waals surface area contributed by atoms with Crippen LogP contribution in [0.5, 0.6) is 0 Å². The van der Waals surface area contributed by atoms with E-state index in [0.29, 0.717) is 17.7 Å². The van der Waals surface area contributed by atoms with Crippen LogP contribution in [0.1, 0.15) is 35.7 Å². The van der Waals surface area contributed by atoms with Crippen LogP contribution in [-0.2, 0) is 4.74 Å². The third kappa shape index (κ3) is 3.27. The van der Waals surface area contributed by atoms with E-state index in [2.05, 4.69) is 10.5 Å². The predicted molar refractivity (Wildman–Crippen MR) is 74.9 cm³/mol. The molecular weight excluding hydrogens is 258 g/mol. The number of amidine groups is 1. The maximum Gasteiger partial charge on any atom is 0.251 e. The van der Waals surface area contributed by atoms with Crippen LogP contribution in [0.4, 0.5) is 0 Å². The Balaban J connectivity index is 1.87. The van der Waals surface area contributed by atoms with Gasteiger partial charge in [-0.15, -0.1) is 0 Å². The van der Waals surface area contributed by atoms with Crippen LogP contribution in [0, 0.1) is 0 Å². The summed E-state index contributed by atoms with van der Waals surface area (Å²) in [5, 5.41) is 14.4. The zero-order valence-electron chi connectivity index (χ0n) is 11.4. The van der Waals surface area contributed by atoms with Crippen molar-refractivity contribution in [3.05, 3.63) is 35.4 Å². The minimum Gasteiger partial charge on any atom is -0.409 e. The first kappa shape index (κ1) is 14.3. The number of rotatable bonds is 5. The van der Waals surface area contributed by atoms with E-state index in [9.17, 15) is 4.79 Å². The Morgan fingerprint density at radius 2 is 2.00 bits per heavy atom. The summed E-state index contributed by atoms with van der Waals surface area (Å²) in [6.45, 7) is 2.68. The van der Waals surface area contributed by atoms with E-state index in [4.69, 9.17) is 15.7 Å². The van der Waals surface area contributed by atoms with Gasteiger partial charge in [0.25, 0.3) is 5.91 Å². The smallest absolute Gasteiger partial charge is 0.251 e. The quantitative estimate of drug-likeness (QED) is 0.325. The van der Waals surface area contributed by atoms with Gasteiger partial charge < -0.3 is 21.0 Å². The van der Waals surface area contributed by atoms with Crippen LogP contribution in [-0.4, -0.2) is 35.7 Å². The molecular formula is C14H19N3O3. The molecule has 0 aromatic heterocycles. The number of ether oxygens (including phenoxy) is 1. The Morgan fingerprint density at radius 1 is 1.40 bits per heavy atom. The summed E-state index contributed by atoms with van der Waals surface area (Å²) >= 11 is 0. The first-order valence-electron chi connectivity index (χ1n) is 6.64. The van der Waals surface area contributed by atoms with E-state index in [0.717, 1.165) is 12.8 Å². The lowest BCUT2D eigenvalue weighted by atomic mass is 9.89. The molecule has 0 aliphatic heterocycles. The van der Waals surface area contributed by atoms with Crippen LogP contribution >= 0.6 is 0 Å². The van der Waals surface area contributed by atoms with Gasteiger partial charge in [-0.2, -0.15) is 0 Å². The molecule has 20 heavy (non-hydrogen) atoms. The standard InChI is InChI=1S/C14H19N3O3/c1-2-20-12-7-11(8-12)16-14(18)10-5-3-9(4-6-10)13(15)17-19/h3-6,11-12,19H,2,7-8H2,1H3,(H2,15,17)(H,16,18). The summed E-state index contributed by atoms with van der Waals surface area (Å²) in [4.78, 5) is 12.0. The Morgan fingerprint density at radius 3 is 2.55 bits per heavy atom. The second-order valence-electron chi connectivity index (χ2n) is 4.78. The van der Waals surface area contributed by atoms with Crippen LogP contribution in [0.2, 0.25) is 0 Å². The molecule has 1 aliphatic carbocycles. The summed E-state index contributed by atoms with van der Waals surface area (Å²) in [6.07, 6.45) is 2.00. The van der Waals surface area contributed by atoms with Gasteiger partial charge in [0.05, 0.1) is 6.10 Å². The van der Waals surface area contributed by atoms with Crippen LogP contribution in [0.15, 0.2) is 29.4 Å². The maximum atomic E-state index is 12.0. The van der Waals surface area contributed by atoms with Gasteiger partial charge >= 0.3 is 0 Å². The molecule has 1 aromatic rings. The molecule has 2 rings (SSSR count). The Bertz CT molecular complexity index is 493.